The molecule has 1 N–H and O–H groups in total. The quantitative estimate of drug-likeness (QED) is 0.808. The number of carbonyl (C=O) groups excluding carboxylic acids is 1. The van der Waals surface area contributed by atoms with Gasteiger partial charge in [0.1, 0.15) is 0 Å². The zero-order valence-electron chi connectivity index (χ0n) is 12.1. The van der Waals surface area contributed by atoms with Gasteiger partial charge in [0.15, 0.2) is 0 Å². The van der Waals surface area contributed by atoms with Crippen molar-refractivity contribution in [3.63, 3.8) is 0 Å². The Labute approximate surface area is 126 Å². The predicted octanol–water partition coefficient (Wildman–Crippen LogP) is 2.67. The normalized spacial score (nSPS) is 46.5. The predicted molar refractivity (Wildman–Crippen MR) is 71.6 cm³/mol. The summed E-state index contributed by atoms with van der Waals surface area (Å²) >= 11 is 0. The number of rotatable bonds is 1. The third kappa shape index (κ3) is 1.80. The highest BCUT2D eigenvalue weighted by Gasteiger charge is 2.65. The zero-order valence-corrected chi connectivity index (χ0v) is 12.1. The van der Waals surface area contributed by atoms with Gasteiger partial charge in [0.25, 0.3) is 11.6 Å². The Hall–Kier alpha value is -1.11. The molecule has 0 aromatic heterocycles. The minimum Gasteiger partial charge on any atom is -0.362 e. The molecule has 5 aliphatic rings. The topological polar surface area (TPSA) is 52.9 Å². The van der Waals surface area contributed by atoms with Gasteiger partial charge in [-0.15, -0.1) is 0 Å². The molecule has 4 bridgehead atoms. The Morgan fingerprint density at radius 3 is 2.09 bits per heavy atom. The van der Waals surface area contributed by atoms with E-state index in [2.05, 4.69) is 5.10 Å². The van der Waals surface area contributed by atoms with Gasteiger partial charge >= 0.3 is 6.18 Å². The van der Waals surface area contributed by atoms with E-state index in [4.69, 9.17) is 0 Å². The fourth-order valence-electron chi connectivity index (χ4n) is 5.49. The van der Waals surface area contributed by atoms with Crippen molar-refractivity contribution in [2.75, 3.05) is 0 Å². The molecule has 4 aliphatic carbocycles. The van der Waals surface area contributed by atoms with Gasteiger partial charge in [-0.2, -0.15) is 23.3 Å². The van der Waals surface area contributed by atoms with E-state index in [0.717, 1.165) is 25.5 Å². The first-order valence-corrected chi connectivity index (χ1v) is 7.90. The van der Waals surface area contributed by atoms with E-state index in [1.807, 2.05) is 0 Å². The highest BCUT2D eigenvalue weighted by atomic mass is 19.4. The Bertz CT molecular complexity index is 510. The molecule has 1 heterocycles. The summed E-state index contributed by atoms with van der Waals surface area (Å²) in [5, 5.41) is 13.9. The number of hydrazone groups is 1. The summed E-state index contributed by atoms with van der Waals surface area (Å²) in [6.07, 6.45) is 0.646. The molecule has 0 saturated heterocycles. The van der Waals surface area contributed by atoms with Gasteiger partial charge in [-0.1, -0.05) is 0 Å². The first-order valence-electron chi connectivity index (χ1n) is 7.90. The first-order chi connectivity index (χ1) is 10.2. The fraction of sp³-hybridized carbons (Fsp3) is 0.867. The minimum absolute atomic E-state index is 0.333. The van der Waals surface area contributed by atoms with Crippen molar-refractivity contribution in [3.05, 3.63) is 0 Å². The number of alkyl halides is 3. The maximum absolute atomic E-state index is 13.2. The fourth-order valence-corrected chi connectivity index (χ4v) is 5.49. The molecular formula is C15H19F3N2O2. The van der Waals surface area contributed by atoms with Gasteiger partial charge in [0, 0.05) is 12.6 Å². The van der Waals surface area contributed by atoms with Crippen LogP contribution in [-0.2, 0) is 4.79 Å². The SMILES string of the molecule is O=C(N1N=CCC1(O)C(F)(F)F)C12CC3CC(CC(C3)C1)C2. The third-order valence-electron chi connectivity index (χ3n) is 6.06. The second-order valence-electron chi connectivity index (χ2n) is 7.63. The van der Waals surface area contributed by atoms with Crippen LogP contribution in [-0.4, -0.2) is 34.1 Å². The number of hydrogen-bond donors (Lipinski definition) is 1. The van der Waals surface area contributed by atoms with Gasteiger partial charge in [-0.05, 0) is 56.3 Å². The molecule has 0 aromatic rings. The average molecular weight is 316 g/mol. The van der Waals surface area contributed by atoms with Crippen molar-refractivity contribution in [1.29, 1.82) is 0 Å². The molecule has 1 unspecified atom stereocenters. The minimum atomic E-state index is -4.90. The molecule has 4 nitrogen and oxygen atoms in total. The van der Waals surface area contributed by atoms with Gasteiger partial charge in [-0.25, -0.2) is 0 Å². The summed E-state index contributed by atoms with van der Waals surface area (Å²) in [5.41, 5.74) is -3.91. The lowest BCUT2D eigenvalue weighted by molar-refractivity contribution is -0.305. The second-order valence-corrected chi connectivity index (χ2v) is 7.63. The molecule has 4 saturated carbocycles. The van der Waals surface area contributed by atoms with Crippen molar-refractivity contribution in [3.8, 4) is 0 Å². The summed E-state index contributed by atoms with van der Waals surface area (Å²) in [7, 11) is 0. The lowest BCUT2D eigenvalue weighted by atomic mass is 9.49. The summed E-state index contributed by atoms with van der Waals surface area (Å²) < 4.78 is 39.6. The molecule has 1 aliphatic heterocycles. The molecular weight excluding hydrogens is 297 g/mol. The maximum Gasteiger partial charge on any atom is 0.438 e. The van der Waals surface area contributed by atoms with Crippen LogP contribution in [0.1, 0.15) is 44.9 Å². The van der Waals surface area contributed by atoms with Crippen molar-refractivity contribution in [2.24, 2.45) is 28.3 Å². The lowest BCUT2D eigenvalue weighted by Crippen LogP contribution is -2.62. The van der Waals surface area contributed by atoms with Crippen LogP contribution in [0, 0.1) is 23.2 Å². The number of amides is 1. The van der Waals surface area contributed by atoms with E-state index >= 15 is 0 Å². The van der Waals surface area contributed by atoms with Crippen LogP contribution in [0.25, 0.3) is 0 Å². The number of hydrogen-bond acceptors (Lipinski definition) is 3. The number of halogens is 3. The Morgan fingerprint density at radius 2 is 1.64 bits per heavy atom. The molecule has 22 heavy (non-hydrogen) atoms. The molecule has 5 rings (SSSR count). The van der Waals surface area contributed by atoms with Crippen LogP contribution in [0.2, 0.25) is 0 Å². The van der Waals surface area contributed by atoms with E-state index < -0.39 is 29.6 Å². The van der Waals surface area contributed by atoms with Crippen LogP contribution in [0.3, 0.4) is 0 Å². The second kappa shape index (κ2) is 4.24. The Morgan fingerprint density at radius 1 is 1.14 bits per heavy atom. The van der Waals surface area contributed by atoms with Gasteiger partial charge in [-0.3, -0.25) is 4.79 Å². The van der Waals surface area contributed by atoms with Crippen molar-refractivity contribution >= 4 is 12.1 Å². The average Bonchev–Trinajstić information content (AvgIpc) is 2.79. The van der Waals surface area contributed by atoms with E-state index in [1.54, 1.807) is 0 Å². The third-order valence-corrected chi connectivity index (χ3v) is 6.06. The largest absolute Gasteiger partial charge is 0.438 e. The number of nitrogens with zero attached hydrogens (tertiary/aromatic N) is 2. The van der Waals surface area contributed by atoms with E-state index in [0.29, 0.717) is 42.0 Å². The number of carbonyl (C=O) groups is 1. The summed E-state index contributed by atoms with van der Waals surface area (Å²) in [6, 6.07) is 0. The highest BCUT2D eigenvalue weighted by molar-refractivity contribution is 5.86. The van der Waals surface area contributed by atoms with Crippen LogP contribution < -0.4 is 0 Å². The highest BCUT2D eigenvalue weighted by Crippen LogP contribution is 2.61. The summed E-state index contributed by atoms with van der Waals surface area (Å²) in [5.74, 6) is 0.711. The molecule has 1 amide bonds. The van der Waals surface area contributed by atoms with Crippen molar-refractivity contribution in [1.82, 2.24) is 5.01 Å². The molecule has 4 fully saturated rings. The molecule has 1 atom stereocenters. The maximum atomic E-state index is 13.2. The molecule has 0 spiro atoms. The summed E-state index contributed by atoms with van der Waals surface area (Å²) in [4.78, 5) is 12.9. The van der Waals surface area contributed by atoms with E-state index in [9.17, 15) is 23.1 Å². The molecule has 0 radical (unpaired) electrons. The lowest BCUT2D eigenvalue weighted by Gasteiger charge is -2.56. The van der Waals surface area contributed by atoms with Gasteiger partial charge < -0.3 is 5.11 Å². The Balaban J connectivity index is 1.66. The monoisotopic (exact) mass is 316 g/mol. The number of aliphatic hydroxyl groups is 1. The van der Waals surface area contributed by atoms with Gasteiger partial charge in [0.2, 0.25) is 0 Å². The Kier molecular flexibility index (Phi) is 2.79. The standard InChI is InChI=1S/C15H19F3N2O2/c16-15(17,18)14(22)1-2-19-20(14)12(21)13-6-9-3-10(7-13)5-11(4-9)8-13/h2,9-11,22H,1,3-8H2. The molecule has 122 valence electrons. The van der Waals surface area contributed by atoms with Crippen LogP contribution in [0.5, 0.6) is 0 Å². The smallest absolute Gasteiger partial charge is 0.362 e. The summed E-state index contributed by atoms with van der Waals surface area (Å²) in [6.45, 7) is 0. The van der Waals surface area contributed by atoms with Crippen LogP contribution >= 0.6 is 0 Å². The van der Waals surface area contributed by atoms with Gasteiger partial charge in [0.05, 0.1) is 5.41 Å². The molecule has 0 aromatic carbocycles. The molecule has 7 heteroatoms. The zero-order chi connectivity index (χ0) is 15.8. The van der Waals surface area contributed by atoms with Crippen molar-refractivity contribution < 1.29 is 23.1 Å². The van der Waals surface area contributed by atoms with E-state index in [-0.39, 0.29) is 0 Å². The van der Waals surface area contributed by atoms with Crippen LogP contribution in [0.4, 0.5) is 13.2 Å². The van der Waals surface area contributed by atoms with E-state index in [1.165, 1.54) is 0 Å². The van der Waals surface area contributed by atoms with Crippen molar-refractivity contribution in [2.45, 2.75) is 56.8 Å². The van der Waals surface area contributed by atoms with Crippen LogP contribution in [0.15, 0.2) is 5.10 Å². The first kappa shape index (κ1) is 14.5.